The lowest BCUT2D eigenvalue weighted by atomic mass is 9.77. The van der Waals surface area contributed by atoms with Crippen molar-refractivity contribution in [2.45, 2.75) is 45.1 Å². The average Bonchev–Trinajstić information content (AvgIpc) is 2.93. The molecule has 20 heavy (non-hydrogen) atoms. The lowest BCUT2D eigenvalue weighted by molar-refractivity contribution is 0.230. The van der Waals surface area contributed by atoms with Gasteiger partial charge in [-0.25, -0.2) is 0 Å². The molecule has 0 saturated heterocycles. The van der Waals surface area contributed by atoms with Crippen LogP contribution < -0.4 is 5.73 Å². The number of nitrogens with zero attached hydrogens (tertiary/aromatic N) is 2. The first kappa shape index (κ1) is 13.3. The van der Waals surface area contributed by atoms with Crippen LogP contribution >= 0.6 is 0 Å². The molecular formula is C16H21N3O. The Morgan fingerprint density at radius 2 is 1.95 bits per heavy atom. The van der Waals surface area contributed by atoms with Crippen molar-refractivity contribution < 1.29 is 4.52 Å². The summed E-state index contributed by atoms with van der Waals surface area (Å²) in [6, 6.07) is 8.02. The molecular weight excluding hydrogens is 250 g/mol. The zero-order chi connectivity index (χ0) is 14.2. The molecule has 1 aromatic heterocycles. The van der Waals surface area contributed by atoms with E-state index in [9.17, 15) is 0 Å². The molecule has 0 atom stereocenters. The fourth-order valence-corrected chi connectivity index (χ4v) is 2.85. The number of hydrogen-bond donors (Lipinski definition) is 1. The summed E-state index contributed by atoms with van der Waals surface area (Å²) in [4.78, 5) is 4.56. The number of benzene rings is 1. The summed E-state index contributed by atoms with van der Waals surface area (Å²) in [6.07, 6.45) is 4.12. The molecule has 1 aliphatic rings. The Labute approximate surface area is 119 Å². The molecule has 0 spiro atoms. The predicted molar refractivity (Wildman–Crippen MR) is 78.0 cm³/mol. The topological polar surface area (TPSA) is 64.9 Å². The standard InChI is InChI=1S/C16H21N3O/c1-11-7-9-16(17,10-8-11)15-18-14(20-19-15)13-6-4-3-5-12(13)2/h3-6,11H,7-10,17H2,1-2H3. The average molecular weight is 271 g/mol. The van der Waals surface area contributed by atoms with Crippen LogP contribution in [0, 0.1) is 12.8 Å². The van der Waals surface area contributed by atoms with Crippen LogP contribution in [-0.4, -0.2) is 10.1 Å². The van der Waals surface area contributed by atoms with Crippen LogP contribution in [0.4, 0.5) is 0 Å². The van der Waals surface area contributed by atoms with Crippen LogP contribution in [0.25, 0.3) is 11.5 Å². The SMILES string of the molecule is Cc1ccccc1-c1nc(C2(N)CCC(C)CC2)no1. The van der Waals surface area contributed by atoms with E-state index in [0.717, 1.165) is 42.7 Å². The Bertz CT molecular complexity index is 597. The second kappa shape index (κ2) is 5.02. The molecule has 4 nitrogen and oxygen atoms in total. The van der Waals surface area contributed by atoms with Crippen LogP contribution in [0.5, 0.6) is 0 Å². The highest BCUT2D eigenvalue weighted by atomic mass is 16.5. The van der Waals surface area contributed by atoms with Gasteiger partial charge in [0.2, 0.25) is 0 Å². The maximum atomic E-state index is 6.49. The summed E-state index contributed by atoms with van der Waals surface area (Å²) in [5.41, 5.74) is 8.18. The summed E-state index contributed by atoms with van der Waals surface area (Å²) >= 11 is 0. The largest absolute Gasteiger partial charge is 0.334 e. The minimum absolute atomic E-state index is 0.420. The number of nitrogens with two attached hydrogens (primary N) is 1. The Balaban J connectivity index is 1.89. The molecule has 1 aliphatic carbocycles. The fraction of sp³-hybridized carbons (Fsp3) is 0.500. The summed E-state index contributed by atoms with van der Waals surface area (Å²) in [5, 5.41) is 4.14. The third-order valence-electron chi connectivity index (χ3n) is 4.41. The Hall–Kier alpha value is -1.68. The molecule has 1 fully saturated rings. The van der Waals surface area contributed by atoms with Crippen molar-refractivity contribution in [1.29, 1.82) is 0 Å². The molecule has 1 heterocycles. The first-order valence-electron chi connectivity index (χ1n) is 7.27. The smallest absolute Gasteiger partial charge is 0.258 e. The Morgan fingerprint density at radius 1 is 1.25 bits per heavy atom. The van der Waals surface area contributed by atoms with Gasteiger partial charge in [-0.1, -0.05) is 30.3 Å². The first-order chi connectivity index (χ1) is 9.58. The van der Waals surface area contributed by atoms with Crippen molar-refractivity contribution in [2.24, 2.45) is 11.7 Å². The molecule has 0 radical (unpaired) electrons. The molecule has 0 bridgehead atoms. The van der Waals surface area contributed by atoms with Crippen LogP contribution in [0.15, 0.2) is 28.8 Å². The second-order valence-corrected chi connectivity index (χ2v) is 6.08. The Kier molecular flexibility index (Phi) is 3.34. The van der Waals surface area contributed by atoms with Crippen molar-refractivity contribution >= 4 is 0 Å². The van der Waals surface area contributed by atoms with Crippen molar-refractivity contribution in [3.63, 3.8) is 0 Å². The van der Waals surface area contributed by atoms with Gasteiger partial charge >= 0.3 is 0 Å². The highest BCUT2D eigenvalue weighted by Crippen LogP contribution is 2.36. The zero-order valence-corrected chi connectivity index (χ0v) is 12.1. The normalized spacial score (nSPS) is 26.6. The van der Waals surface area contributed by atoms with E-state index in [0.29, 0.717) is 11.7 Å². The van der Waals surface area contributed by atoms with Gasteiger partial charge in [0.1, 0.15) is 0 Å². The minimum Gasteiger partial charge on any atom is -0.334 e. The van der Waals surface area contributed by atoms with E-state index in [1.54, 1.807) is 0 Å². The van der Waals surface area contributed by atoms with Crippen molar-refractivity contribution in [2.75, 3.05) is 0 Å². The van der Waals surface area contributed by atoms with Crippen molar-refractivity contribution in [1.82, 2.24) is 10.1 Å². The van der Waals surface area contributed by atoms with Gasteiger partial charge in [0.25, 0.3) is 5.89 Å². The van der Waals surface area contributed by atoms with Gasteiger partial charge in [-0.15, -0.1) is 0 Å². The van der Waals surface area contributed by atoms with Crippen LogP contribution in [0.3, 0.4) is 0 Å². The number of aromatic nitrogens is 2. The molecule has 1 aromatic carbocycles. The number of aryl methyl sites for hydroxylation is 1. The maximum absolute atomic E-state index is 6.49. The third-order valence-corrected chi connectivity index (χ3v) is 4.41. The van der Waals surface area contributed by atoms with Gasteiger partial charge < -0.3 is 10.3 Å². The predicted octanol–water partition coefficient (Wildman–Crippen LogP) is 3.41. The van der Waals surface area contributed by atoms with E-state index in [1.807, 2.05) is 31.2 Å². The monoisotopic (exact) mass is 271 g/mol. The van der Waals surface area contributed by atoms with E-state index in [-0.39, 0.29) is 0 Å². The van der Waals surface area contributed by atoms with E-state index >= 15 is 0 Å². The van der Waals surface area contributed by atoms with E-state index in [4.69, 9.17) is 10.3 Å². The molecule has 4 heteroatoms. The van der Waals surface area contributed by atoms with E-state index in [2.05, 4.69) is 17.1 Å². The van der Waals surface area contributed by atoms with Crippen LogP contribution in [0.2, 0.25) is 0 Å². The molecule has 2 aromatic rings. The summed E-state index contributed by atoms with van der Waals surface area (Å²) in [5.74, 6) is 1.97. The first-order valence-corrected chi connectivity index (χ1v) is 7.27. The molecule has 0 aliphatic heterocycles. The molecule has 0 amide bonds. The third kappa shape index (κ3) is 2.36. The summed E-state index contributed by atoms with van der Waals surface area (Å²) in [7, 11) is 0. The summed E-state index contributed by atoms with van der Waals surface area (Å²) in [6.45, 7) is 4.31. The lowest BCUT2D eigenvalue weighted by Crippen LogP contribution is -2.41. The van der Waals surface area contributed by atoms with E-state index in [1.165, 1.54) is 0 Å². The van der Waals surface area contributed by atoms with Gasteiger partial charge in [-0.3, -0.25) is 0 Å². The zero-order valence-electron chi connectivity index (χ0n) is 12.1. The van der Waals surface area contributed by atoms with Crippen LogP contribution in [-0.2, 0) is 5.54 Å². The maximum Gasteiger partial charge on any atom is 0.258 e. The molecule has 106 valence electrons. The van der Waals surface area contributed by atoms with Gasteiger partial charge in [0.15, 0.2) is 5.82 Å². The van der Waals surface area contributed by atoms with Gasteiger partial charge in [-0.05, 0) is 50.2 Å². The number of rotatable bonds is 2. The molecule has 1 saturated carbocycles. The molecule has 0 unspecified atom stereocenters. The van der Waals surface area contributed by atoms with Crippen LogP contribution in [0.1, 0.15) is 44.0 Å². The highest BCUT2D eigenvalue weighted by Gasteiger charge is 2.36. The van der Waals surface area contributed by atoms with Gasteiger partial charge in [-0.2, -0.15) is 4.98 Å². The summed E-state index contributed by atoms with van der Waals surface area (Å²) < 4.78 is 5.44. The molecule has 2 N–H and O–H groups in total. The Morgan fingerprint density at radius 3 is 2.65 bits per heavy atom. The fourth-order valence-electron chi connectivity index (χ4n) is 2.85. The second-order valence-electron chi connectivity index (χ2n) is 6.08. The number of hydrogen-bond acceptors (Lipinski definition) is 4. The van der Waals surface area contributed by atoms with Crippen molar-refractivity contribution in [3.05, 3.63) is 35.7 Å². The van der Waals surface area contributed by atoms with Gasteiger partial charge in [0, 0.05) is 5.56 Å². The van der Waals surface area contributed by atoms with Crippen molar-refractivity contribution in [3.8, 4) is 11.5 Å². The quantitative estimate of drug-likeness (QED) is 0.909. The minimum atomic E-state index is -0.420. The molecule has 3 rings (SSSR count). The highest BCUT2D eigenvalue weighted by molar-refractivity contribution is 5.57. The van der Waals surface area contributed by atoms with Gasteiger partial charge in [0.05, 0.1) is 5.54 Å². The lowest BCUT2D eigenvalue weighted by Gasteiger charge is -2.33. The van der Waals surface area contributed by atoms with E-state index < -0.39 is 5.54 Å².